The highest BCUT2D eigenvalue weighted by Crippen LogP contribution is 2.32. The van der Waals surface area contributed by atoms with Crippen molar-refractivity contribution in [2.45, 2.75) is 31.7 Å². The molecule has 1 aliphatic carbocycles. The molecule has 2 amide bonds. The summed E-state index contributed by atoms with van der Waals surface area (Å²) in [6.45, 7) is 0. The normalized spacial score (nSPS) is 14.0. The van der Waals surface area contributed by atoms with E-state index in [4.69, 9.17) is 9.15 Å². The molecule has 150 valence electrons. The first-order valence-corrected chi connectivity index (χ1v) is 9.68. The Bertz CT molecular complexity index is 1090. The van der Waals surface area contributed by atoms with Gasteiger partial charge in [0.15, 0.2) is 5.69 Å². The van der Waals surface area contributed by atoms with Crippen LogP contribution in [0.2, 0.25) is 0 Å². The van der Waals surface area contributed by atoms with Crippen LogP contribution in [0.5, 0.6) is 5.75 Å². The first-order chi connectivity index (χ1) is 14.1. The number of anilines is 3. The lowest BCUT2D eigenvalue weighted by atomic mass is 10.1. The van der Waals surface area contributed by atoms with Gasteiger partial charge in [0.2, 0.25) is 0 Å². The molecule has 3 N–H and O–H groups in total. The molecule has 1 aliphatic rings. The van der Waals surface area contributed by atoms with Gasteiger partial charge < -0.3 is 19.8 Å². The SMILES string of the molecule is COc1cccc(NC(=O)Nc2c(NC3CCCC3)c3ccccc3oc2=O)c1. The van der Waals surface area contributed by atoms with Gasteiger partial charge in [-0.15, -0.1) is 0 Å². The summed E-state index contributed by atoms with van der Waals surface area (Å²) in [4.78, 5) is 25.2. The molecule has 0 spiro atoms. The summed E-state index contributed by atoms with van der Waals surface area (Å²) in [5.74, 6) is 0.622. The fourth-order valence-electron chi connectivity index (χ4n) is 3.66. The Balaban J connectivity index is 1.65. The monoisotopic (exact) mass is 393 g/mol. The van der Waals surface area contributed by atoms with E-state index in [9.17, 15) is 9.59 Å². The molecule has 0 radical (unpaired) electrons. The maximum Gasteiger partial charge on any atom is 0.362 e. The molecule has 0 atom stereocenters. The quantitative estimate of drug-likeness (QED) is 0.542. The molecule has 1 saturated carbocycles. The number of carbonyl (C=O) groups is 1. The van der Waals surface area contributed by atoms with Gasteiger partial charge in [-0.05, 0) is 37.1 Å². The molecule has 1 heterocycles. The largest absolute Gasteiger partial charge is 0.497 e. The second kappa shape index (κ2) is 8.26. The van der Waals surface area contributed by atoms with Crippen molar-refractivity contribution in [1.82, 2.24) is 0 Å². The highest BCUT2D eigenvalue weighted by atomic mass is 16.5. The number of carbonyl (C=O) groups excluding carboxylic acids is 1. The Morgan fingerprint density at radius 2 is 1.83 bits per heavy atom. The number of urea groups is 1. The van der Waals surface area contributed by atoms with Crippen LogP contribution in [0.15, 0.2) is 57.7 Å². The molecule has 29 heavy (non-hydrogen) atoms. The Hall–Kier alpha value is -3.48. The minimum atomic E-state index is -0.593. The highest BCUT2D eigenvalue weighted by molar-refractivity contribution is 6.05. The molecule has 1 fully saturated rings. The van der Waals surface area contributed by atoms with Crippen LogP contribution in [0.4, 0.5) is 21.9 Å². The van der Waals surface area contributed by atoms with Gasteiger partial charge >= 0.3 is 11.7 Å². The van der Waals surface area contributed by atoms with Gasteiger partial charge in [0.05, 0.1) is 12.8 Å². The van der Waals surface area contributed by atoms with Crippen LogP contribution >= 0.6 is 0 Å². The van der Waals surface area contributed by atoms with E-state index < -0.39 is 11.7 Å². The van der Waals surface area contributed by atoms with Gasteiger partial charge in [-0.25, -0.2) is 9.59 Å². The number of nitrogens with one attached hydrogen (secondary N) is 3. The first-order valence-electron chi connectivity index (χ1n) is 9.68. The molecule has 0 bridgehead atoms. The van der Waals surface area contributed by atoms with E-state index in [1.54, 1.807) is 37.4 Å². The third kappa shape index (κ3) is 4.18. The summed E-state index contributed by atoms with van der Waals surface area (Å²) >= 11 is 0. The molecule has 0 unspecified atom stereocenters. The van der Waals surface area contributed by atoms with E-state index in [1.165, 1.54) is 0 Å². The molecule has 7 heteroatoms. The third-order valence-corrected chi connectivity index (χ3v) is 5.08. The van der Waals surface area contributed by atoms with Crippen molar-refractivity contribution >= 4 is 34.1 Å². The molecule has 4 rings (SSSR count). The minimum Gasteiger partial charge on any atom is -0.497 e. The van der Waals surface area contributed by atoms with E-state index in [2.05, 4.69) is 16.0 Å². The van der Waals surface area contributed by atoms with Crippen LogP contribution in [0, 0.1) is 0 Å². The third-order valence-electron chi connectivity index (χ3n) is 5.08. The Morgan fingerprint density at radius 1 is 1.03 bits per heavy atom. The van der Waals surface area contributed by atoms with Crippen molar-refractivity contribution in [1.29, 1.82) is 0 Å². The zero-order chi connectivity index (χ0) is 20.2. The Labute approximate surface area is 168 Å². The number of hydrogen-bond acceptors (Lipinski definition) is 5. The highest BCUT2D eigenvalue weighted by Gasteiger charge is 2.21. The fourth-order valence-corrected chi connectivity index (χ4v) is 3.66. The van der Waals surface area contributed by atoms with Crippen LogP contribution < -0.4 is 26.3 Å². The van der Waals surface area contributed by atoms with E-state index >= 15 is 0 Å². The van der Waals surface area contributed by atoms with Gasteiger partial charge in [0.1, 0.15) is 11.3 Å². The number of benzene rings is 2. The number of ether oxygens (including phenoxy) is 1. The van der Waals surface area contributed by atoms with Gasteiger partial charge in [-0.2, -0.15) is 0 Å². The standard InChI is InChI=1S/C22H23N3O4/c1-28-16-10-6-9-15(13-16)24-22(27)25-20-19(23-14-7-2-3-8-14)17-11-4-5-12-18(17)29-21(20)26/h4-6,9-14,23H,2-3,7-8H2,1H3,(H2,24,25,27). The maximum absolute atomic E-state index is 12.6. The summed E-state index contributed by atoms with van der Waals surface area (Å²) in [5, 5.41) is 9.61. The van der Waals surface area contributed by atoms with Gasteiger partial charge in [-0.3, -0.25) is 5.32 Å². The number of rotatable bonds is 5. The Kier molecular flexibility index (Phi) is 5.37. The fraction of sp³-hybridized carbons (Fsp3) is 0.273. The van der Waals surface area contributed by atoms with Crippen molar-refractivity contribution in [3.05, 3.63) is 59.0 Å². The van der Waals surface area contributed by atoms with Crippen LogP contribution in [0.3, 0.4) is 0 Å². The van der Waals surface area contributed by atoms with Crippen LogP contribution in [-0.4, -0.2) is 19.2 Å². The van der Waals surface area contributed by atoms with E-state index in [-0.39, 0.29) is 11.7 Å². The topological polar surface area (TPSA) is 92.6 Å². The smallest absolute Gasteiger partial charge is 0.362 e. The molecule has 0 aliphatic heterocycles. The molecule has 2 aromatic carbocycles. The van der Waals surface area contributed by atoms with Gasteiger partial charge in [0, 0.05) is 23.2 Å². The number of fused-ring (bicyclic) bond motifs is 1. The number of para-hydroxylation sites is 1. The zero-order valence-corrected chi connectivity index (χ0v) is 16.2. The number of amides is 2. The number of methoxy groups -OCH3 is 1. The van der Waals surface area contributed by atoms with Gasteiger partial charge in [0.25, 0.3) is 0 Å². The summed E-state index contributed by atoms with van der Waals surface area (Å²) in [6, 6.07) is 14.0. The molecular weight excluding hydrogens is 370 g/mol. The van der Waals surface area contributed by atoms with Gasteiger partial charge in [-0.1, -0.05) is 31.0 Å². The van der Waals surface area contributed by atoms with Crippen molar-refractivity contribution < 1.29 is 13.9 Å². The summed E-state index contributed by atoms with van der Waals surface area (Å²) in [5.41, 5.74) is 1.15. The summed E-state index contributed by atoms with van der Waals surface area (Å²) in [6.07, 6.45) is 4.36. The molecule has 3 aromatic rings. The molecule has 1 aromatic heterocycles. The van der Waals surface area contributed by atoms with Crippen molar-refractivity contribution in [2.75, 3.05) is 23.1 Å². The van der Waals surface area contributed by atoms with E-state index in [1.807, 2.05) is 18.2 Å². The second-order valence-electron chi connectivity index (χ2n) is 7.07. The maximum atomic E-state index is 12.6. The summed E-state index contributed by atoms with van der Waals surface area (Å²) < 4.78 is 10.6. The Morgan fingerprint density at radius 3 is 2.62 bits per heavy atom. The van der Waals surface area contributed by atoms with Crippen molar-refractivity contribution in [2.24, 2.45) is 0 Å². The lowest BCUT2D eigenvalue weighted by Crippen LogP contribution is -2.26. The lowest BCUT2D eigenvalue weighted by molar-refractivity contribution is 0.262. The molecular formula is C22H23N3O4. The first kappa shape index (κ1) is 18.9. The average molecular weight is 393 g/mol. The predicted molar refractivity (Wildman–Crippen MR) is 114 cm³/mol. The van der Waals surface area contributed by atoms with Crippen molar-refractivity contribution in [3.63, 3.8) is 0 Å². The zero-order valence-electron chi connectivity index (χ0n) is 16.2. The van der Waals surface area contributed by atoms with E-state index in [0.717, 1.165) is 31.1 Å². The number of hydrogen-bond donors (Lipinski definition) is 3. The van der Waals surface area contributed by atoms with Crippen LogP contribution in [-0.2, 0) is 0 Å². The van der Waals surface area contributed by atoms with Crippen LogP contribution in [0.1, 0.15) is 25.7 Å². The lowest BCUT2D eigenvalue weighted by Gasteiger charge is -2.18. The summed E-state index contributed by atoms with van der Waals surface area (Å²) in [7, 11) is 1.56. The second-order valence-corrected chi connectivity index (χ2v) is 7.07. The predicted octanol–water partition coefficient (Wildman–Crippen LogP) is 4.80. The van der Waals surface area contributed by atoms with E-state index in [0.29, 0.717) is 22.7 Å². The average Bonchev–Trinajstić information content (AvgIpc) is 3.24. The van der Waals surface area contributed by atoms with Crippen molar-refractivity contribution in [3.8, 4) is 5.75 Å². The minimum absolute atomic E-state index is 0.107. The molecule has 0 saturated heterocycles. The van der Waals surface area contributed by atoms with Crippen LogP contribution in [0.25, 0.3) is 11.0 Å². The molecule has 7 nitrogen and oxygen atoms in total.